The summed E-state index contributed by atoms with van der Waals surface area (Å²) in [6, 6.07) is 0. The summed E-state index contributed by atoms with van der Waals surface area (Å²) in [5.41, 5.74) is 0. The maximum atomic E-state index is 11.3. The molecule has 0 bridgehead atoms. The molecule has 0 aromatic heterocycles. The highest BCUT2D eigenvalue weighted by atomic mass is 16.5. The van der Waals surface area contributed by atoms with Crippen LogP contribution in [-0.4, -0.2) is 49.1 Å². The Labute approximate surface area is 101 Å². The van der Waals surface area contributed by atoms with Crippen LogP contribution in [0.1, 0.15) is 32.1 Å². The second kappa shape index (κ2) is 6.12. The zero-order valence-electron chi connectivity index (χ0n) is 10.1. The van der Waals surface area contributed by atoms with Crippen molar-refractivity contribution in [3.63, 3.8) is 0 Å². The van der Waals surface area contributed by atoms with Crippen molar-refractivity contribution in [3.05, 3.63) is 0 Å². The van der Waals surface area contributed by atoms with Crippen LogP contribution < -0.4 is 5.32 Å². The first kappa shape index (κ1) is 12.5. The van der Waals surface area contributed by atoms with E-state index in [1.54, 1.807) is 0 Å². The minimum Gasteiger partial charge on any atom is -0.378 e. The number of imide groups is 1. The Morgan fingerprint density at radius 3 is 2.47 bits per heavy atom. The van der Waals surface area contributed by atoms with Crippen LogP contribution >= 0.6 is 0 Å². The highest BCUT2D eigenvalue weighted by molar-refractivity contribution is 6.01. The van der Waals surface area contributed by atoms with Crippen LogP contribution in [0.2, 0.25) is 0 Å². The molecule has 0 aromatic rings. The highest BCUT2D eigenvalue weighted by Crippen LogP contribution is 2.12. The number of rotatable bonds is 5. The van der Waals surface area contributed by atoms with E-state index in [9.17, 15) is 9.59 Å². The molecule has 2 aliphatic heterocycles. The molecule has 17 heavy (non-hydrogen) atoms. The predicted octanol–water partition coefficient (Wildman–Crippen LogP) is 0.294. The zero-order valence-corrected chi connectivity index (χ0v) is 10.1. The van der Waals surface area contributed by atoms with Crippen molar-refractivity contribution in [1.82, 2.24) is 10.2 Å². The summed E-state index contributed by atoms with van der Waals surface area (Å²) < 4.78 is 5.72. The number of hydrogen-bond acceptors (Lipinski definition) is 4. The van der Waals surface area contributed by atoms with Crippen LogP contribution in [0.4, 0.5) is 0 Å². The molecule has 2 aliphatic rings. The molecule has 0 spiro atoms. The van der Waals surface area contributed by atoms with Gasteiger partial charge in [-0.15, -0.1) is 0 Å². The molecule has 2 amide bonds. The number of ether oxygens (including phenoxy) is 1. The van der Waals surface area contributed by atoms with Gasteiger partial charge in [-0.1, -0.05) is 0 Å². The van der Waals surface area contributed by atoms with Gasteiger partial charge in [-0.05, 0) is 32.4 Å². The topological polar surface area (TPSA) is 58.6 Å². The van der Waals surface area contributed by atoms with Crippen molar-refractivity contribution in [2.45, 2.75) is 38.2 Å². The van der Waals surface area contributed by atoms with Crippen molar-refractivity contribution < 1.29 is 14.3 Å². The van der Waals surface area contributed by atoms with E-state index < -0.39 is 0 Å². The van der Waals surface area contributed by atoms with E-state index >= 15 is 0 Å². The third-order valence-corrected chi connectivity index (χ3v) is 3.32. The van der Waals surface area contributed by atoms with Crippen LogP contribution in [0.5, 0.6) is 0 Å². The number of amides is 2. The summed E-state index contributed by atoms with van der Waals surface area (Å²) in [5, 5.41) is 3.28. The molecule has 2 saturated heterocycles. The van der Waals surface area contributed by atoms with Crippen molar-refractivity contribution in [2.24, 2.45) is 0 Å². The summed E-state index contributed by atoms with van der Waals surface area (Å²) >= 11 is 0. The van der Waals surface area contributed by atoms with Crippen LogP contribution in [0.25, 0.3) is 0 Å². The minimum atomic E-state index is -0.0307. The number of nitrogens with one attached hydrogen (secondary N) is 1. The standard InChI is InChI=1S/C12H20N2O3/c15-11-2-3-12(16)14(11)8-1-9-17-10-4-6-13-7-5-10/h10,13H,1-9H2. The fourth-order valence-electron chi connectivity index (χ4n) is 2.31. The summed E-state index contributed by atoms with van der Waals surface area (Å²) in [5.74, 6) is -0.0614. The lowest BCUT2D eigenvalue weighted by Gasteiger charge is -2.23. The Bertz CT molecular complexity index is 271. The maximum Gasteiger partial charge on any atom is 0.229 e. The van der Waals surface area contributed by atoms with Gasteiger partial charge in [-0.25, -0.2) is 0 Å². The van der Waals surface area contributed by atoms with Gasteiger partial charge in [-0.2, -0.15) is 0 Å². The molecule has 2 fully saturated rings. The normalized spacial score (nSPS) is 22.5. The summed E-state index contributed by atoms with van der Waals surface area (Å²) in [7, 11) is 0. The van der Waals surface area contributed by atoms with Crippen LogP contribution in [0.3, 0.4) is 0 Å². The van der Waals surface area contributed by atoms with Gasteiger partial charge in [0.25, 0.3) is 0 Å². The molecule has 5 nitrogen and oxygen atoms in total. The molecule has 1 N–H and O–H groups in total. The van der Waals surface area contributed by atoms with Gasteiger partial charge in [0, 0.05) is 26.0 Å². The van der Waals surface area contributed by atoms with E-state index in [4.69, 9.17) is 4.74 Å². The first-order valence-electron chi connectivity index (χ1n) is 6.43. The van der Waals surface area contributed by atoms with E-state index in [-0.39, 0.29) is 11.8 Å². The number of likely N-dealkylation sites (tertiary alicyclic amines) is 1. The largest absolute Gasteiger partial charge is 0.378 e. The summed E-state index contributed by atoms with van der Waals surface area (Å²) in [4.78, 5) is 24.0. The Morgan fingerprint density at radius 1 is 1.18 bits per heavy atom. The molecule has 0 radical (unpaired) electrons. The van der Waals surface area contributed by atoms with E-state index in [0.29, 0.717) is 32.1 Å². The van der Waals surface area contributed by atoms with Gasteiger partial charge in [-0.3, -0.25) is 14.5 Å². The Balaban J connectivity index is 1.59. The quantitative estimate of drug-likeness (QED) is 0.554. The van der Waals surface area contributed by atoms with Gasteiger partial charge in [0.2, 0.25) is 11.8 Å². The molecule has 0 aliphatic carbocycles. The lowest BCUT2D eigenvalue weighted by atomic mass is 10.1. The first-order valence-corrected chi connectivity index (χ1v) is 6.43. The van der Waals surface area contributed by atoms with Gasteiger partial charge >= 0.3 is 0 Å². The van der Waals surface area contributed by atoms with Crippen LogP contribution in [-0.2, 0) is 14.3 Å². The smallest absolute Gasteiger partial charge is 0.229 e. The Hall–Kier alpha value is -0.940. The van der Waals surface area contributed by atoms with E-state index in [2.05, 4.69) is 5.32 Å². The van der Waals surface area contributed by atoms with E-state index in [1.165, 1.54) is 4.90 Å². The van der Waals surface area contributed by atoms with Crippen molar-refractivity contribution in [2.75, 3.05) is 26.2 Å². The molecule has 0 aromatic carbocycles. The molecule has 5 heteroatoms. The monoisotopic (exact) mass is 240 g/mol. The molecule has 2 heterocycles. The average Bonchev–Trinajstić information content (AvgIpc) is 2.67. The molecule has 0 unspecified atom stereocenters. The van der Waals surface area contributed by atoms with Crippen LogP contribution in [0.15, 0.2) is 0 Å². The molecule has 2 rings (SSSR count). The fraction of sp³-hybridized carbons (Fsp3) is 0.833. The first-order chi connectivity index (χ1) is 8.27. The van der Waals surface area contributed by atoms with Crippen LogP contribution in [0, 0.1) is 0 Å². The highest BCUT2D eigenvalue weighted by Gasteiger charge is 2.28. The fourth-order valence-corrected chi connectivity index (χ4v) is 2.31. The van der Waals surface area contributed by atoms with Crippen molar-refractivity contribution in [1.29, 1.82) is 0 Å². The third-order valence-electron chi connectivity index (χ3n) is 3.32. The van der Waals surface area contributed by atoms with Crippen molar-refractivity contribution in [3.8, 4) is 0 Å². The number of nitrogens with zero attached hydrogens (tertiary/aromatic N) is 1. The number of carbonyl (C=O) groups is 2. The third kappa shape index (κ3) is 3.51. The number of hydrogen-bond donors (Lipinski definition) is 1. The average molecular weight is 240 g/mol. The Kier molecular flexibility index (Phi) is 4.50. The molecule has 96 valence electrons. The number of carbonyl (C=O) groups excluding carboxylic acids is 2. The molecule has 0 saturated carbocycles. The van der Waals surface area contributed by atoms with Gasteiger partial charge in [0.15, 0.2) is 0 Å². The van der Waals surface area contributed by atoms with E-state index in [0.717, 1.165) is 32.4 Å². The molecular formula is C12H20N2O3. The minimum absolute atomic E-state index is 0.0307. The van der Waals surface area contributed by atoms with Crippen molar-refractivity contribution >= 4 is 11.8 Å². The summed E-state index contributed by atoms with van der Waals surface area (Å²) in [6.07, 6.45) is 3.98. The molecule has 0 atom stereocenters. The lowest BCUT2D eigenvalue weighted by Crippen LogP contribution is -2.34. The van der Waals surface area contributed by atoms with Gasteiger partial charge in [0.1, 0.15) is 0 Å². The Morgan fingerprint density at radius 2 is 1.82 bits per heavy atom. The zero-order chi connectivity index (χ0) is 12.1. The molecular weight excluding hydrogens is 220 g/mol. The number of piperidine rings is 1. The summed E-state index contributed by atoms with van der Waals surface area (Å²) in [6.45, 7) is 3.20. The SMILES string of the molecule is O=C1CCC(=O)N1CCCOC1CCNCC1. The lowest BCUT2D eigenvalue weighted by molar-refractivity contribution is -0.138. The second-order valence-corrected chi connectivity index (χ2v) is 4.61. The second-order valence-electron chi connectivity index (χ2n) is 4.61. The van der Waals surface area contributed by atoms with Gasteiger partial charge in [0.05, 0.1) is 6.10 Å². The predicted molar refractivity (Wildman–Crippen MR) is 62.4 cm³/mol. The van der Waals surface area contributed by atoms with E-state index in [1.807, 2.05) is 0 Å². The maximum absolute atomic E-state index is 11.3. The van der Waals surface area contributed by atoms with Gasteiger partial charge < -0.3 is 10.1 Å².